The topological polar surface area (TPSA) is 37.8 Å². The molecule has 0 amide bonds. The van der Waals surface area contributed by atoms with Crippen molar-refractivity contribution in [2.45, 2.75) is 6.92 Å². The van der Waals surface area contributed by atoms with Crippen LogP contribution in [0.25, 0.3) is 21.3 Å². The molecule has 0 bridgehead atoms. The molecule has 0 spiro atoms. The molecule has 3 aromatic rings. The summed E-state index contributed by atoms with van der Waals surface area (Å²) in [7, 11) is 0. The number of thiophene rings is 1. The molecule has 106 valence electrons. The summed E-state index contributed by atoms with van der Waals surface area (Å²) in [6.45, 7) is 6.43. The van der Waals surface area contributed by atoms with E-state index in [4.69, 9.17) is 11.6 Å². The predicted molar refractivity (Wildman–Crippen MR) is 91.3 cm³/mol. The molecule has 21 heavy (non-hydrogen) atoms. The molecule has 2 aromatic heterocycles. The Labute approximate surface area is 132 Å². The molecule has 5 heteroatoms. The molecule has 0 saturated heterocycles. The van der Waals surface area contributed by atoms with Gasteiger partial charge in [-0.05, 0) is 24.1 Å². The van der Waals surface area contributed by atoms with Crippen molar-refractivity contribution in [3.63, 3.8) is 0 Å². The van der Waals surface area contributed by atoms with Gasteiger partial charge in [0.2, 0.25) is 5.28 Å². The van der Waals surface area contributed by atoms with Gasteiger partial charge in [0.1, 0.15) is 10.6 Å². The fourth-order valence-electron chi connectivity index (χ4n) is 2.16. The summed E-state index contributed by atoms with van der Waals surface area (Å²) in [5.41, 5.74) is 3.51. The number of nitrogens with zero attached hydrogens (tertiary/aromatic N) is 2. The van der Waals surface area contributed by atoms with Gasteiger partial charge in [-0.2, -0.15) is 0 Å². The molecule has 0 saturated carbocycles. The molecular weight excluding hydrogens is 302 g/mol. The van der Waals surface area contributed by atoms with Crippen LogP contribution in [0.1, 0.15) is 5.56 Å². The van der Waals surface area contributed by atoms with E-state index in [1.54, 1.807) is 17.4 Å². The zero-order chi connectivity index (χ0) is 14.8. The summed E-state index contributed by atoms with van der Waals surface area (Å²) in [6.07, 6.45) is 1.79. The van der Waals surface area contributed by atoms with Crippen molar-refractivity contribution >= 4 is 39.0 Å². The van der Waals surface area contributed by atoms with Gasteiger partial charge < -0.3 is 5.32 Å². The molecule has 0 aliphatic heterocycles. The second-order valence-corrected chi connectivity index (χ2v) is 5.90. The van der Waals surface area contributed by atoms with Gasteiger partial charge in [0.05, 0.1) is 5.39 Å². The minimum atomic E-state index is 0.256. The van der Waals surface area contributed by atoms with Crippen molar-refractivity contribution in [1.82, 2.24) is 9.97 Å². The third-order valence-electron chi connectivity index (χ3n) is 3.18. The summed E-state index contributed by atoms with van der Waals surface area (Å²) in [4.78, 5) is 9.52. The third-order valence-corrected chi connectivity index (χ3v) is 4.22. The lowest BCUT2D eigenvalue weighted by Crippen LogP contribution is -2.02. The average molecular weight is 316 g/mol. The lowest BCUT2D eigenvalue weighted by Gasteiger charge is -2.07. The average Bonchev–Trinajstić information content (AvgIpc) is 2.89. The van der Waals surface area contributed by atoms with Crippen molar-refractivity contribution in [2.24, 2.45) is 0 Å². The van der Waals surface area contributed by atoms with Crippen molar-refractivity contribution < 1.29 is 0 Å². The molecule has 0 aliphatic rings. The molecule has 3 nitrogen and oxygen atoms in total. The second kappa shape index (κ2) is 5.84. The van der Waals surface area contributed by atoms with E-state index in [0.717, 1.165) is 27.2 Å². The van der Waals surface area contributed by atoms with Crippen LogP contribution in [0.3, 0.4) is 0 Å². The second-order valence-electron chi connectivity index (χ2n) is 4.71. The monoisotopic (exact) mass is 315 g/mol. The van der Waals surface area contributed by atoms with Crippen LogP contribution in [-0.2, 0) is 0 Å². The summed E-state index contributed by atoms with van der Waals surface area (Å²) in [6, 6.07) is 8.43. The maximum absolute atomic E-state index is 6.00. The highest BCUT2D eigenvalue weighted by molar-refractivity contribution is 7.17. The van der Waals surface area contributed by atoms with Gasteiger partial charge in [0, 0.05) is 17.5 Å². The number of hydrogen-bond donors (Lipinski definition) is 1. The Bertz CT molecular complexity index is 793. The van der Waals surface area contributed by atoms with Gasteiger partial charge in [0.15, 0.2) is 0 Å². The van der Waals surface area contributed by atoms with Crippen LogP contribution in [0, 0.1) is 6.92 Å². The SMILES string of the molecule is C=CCNc1nc(Cl)nc2scc(-c3ccc(C)cc3)c12. The maximum Gasteiger partial charge on any atom is 0.225 e. The summed E-state index contributed by atoms with van der Waals surface area (Å²) in [5, 5.41) is 6.60. The fourth-order valence-corrected chi connectivity index (χ4v) is 3.32. The Hall–Kier alpha value is -1.91. The Morgan fingerprint density at radius 1 is 1.29 bits per heavy atom. The van der Waals surface area contributed by atoms with Crippen molar-refractivity contribution in [3.05, 3.63) is 53.1 Å². The summed E-state index contributed by atoms with van der Waals surface area (Å²) in [5.74, 6) is 0.752. The van der Waals surface area contributed by atoms with E-state index >= 15 is 0 Å². The molecule has 0 fully saturated rings. The van der Waals surface area contributed by atoms with Crippen LogP contribution in [0.2, 0.25) is 5.28 Å². The zero-order valence-electron chi connectivity index (χ0n) is 11.6. The van der Waals surface area contributed by atoms with Crippen molar-refractivity contribution in [3.8, 4) is 11.1 Å². The first-order valence-electron chi connectivity index (χ1n) is 6.55. The van der Waals surface area contributed by atoms with E-state index in [1.165, 1.54) is 5.56 Å². The van der Waals surface area contributed by atoms with E-state index in [2.05, 4.69) is 58.4 Å². The fraction of sp³-hybridized carbons (Fsp3) is 0.125. The van der Waals surface area contributed by atoms with Gasteiger partial charge in [-0.3, -0.25) is 0 Å². The van der Waals surface area contributed by atoms with Crippen LogP contribution >= 0.6 is 22.9 Å². The zero-order valence-corrected chi connectivity index (χ0v) is 13.1. The first kappa shape index (κ1) is 14.0. The number of aromatic nitrogens is 2. The quantitative estimate of drug-likeness (QED) is 0.548. The highest BCUT2D eigenvalue weighted by Gasteiger charge is 2.14. The normalized spacial score (nSPS) is 10.8. The van der Waals surface area contributed by atoms with E-state index in [1.807, 2.05) is 0 Å². The van der Waals surface area contributed by atoms with Gasteiger partial charge in [-0.15, -0.1) is 17.9 Å². The lowest BCUT2D eigenvalue weighted by atomic mass is 10.0. The van der Waals surface area contributed by atoms with Gasteiger partial charge >= 0.3 is 0 Å². The third kappa shape index (κ3) is 2.77. The lowest BCUT2D eigenvalue weighted by molar-refractivity contribution is 1.19. The molecule has 0 unspecified atom stereocenters. The summed E-state index contributed by atoms with van der Waals surface area (Å²) >= 11 is 7.57. The number of hydrogen-bond acceptors (Lipinski definition) is 4. The minimum absolute atomic E-state index is 0.256. The predicted octanol–water partition coefficient (Wildman–Crippen LogP) is 4.92. The summed E-state index contributed by atoms with van der Waals surface area (Å²) < 4.78 is 0. The minimum Gasteiger partial charge on any atom is -0.366 e. The van der Waals surface area contributed by atoms with Crippen LogP contribution in [-0.4, -0.2) is 16.5 Å². The maximum atomic E-state index is 6.00. The van der Waals surface area contributed by atoms with Gasteiger partial charge in [0.25, 0.3) is 0 Å². The Morgan fingerprint density at radius 3 is 2.76 bits per heavy atom. The number of aryl methyl sites for hydroxylation is 1. The molecule has 3 rings (SSSR count). The number of rotatable bonds is 4. The highest BCUT2D eigenvalue weighted by atomic mass is 35.5. The molecule has 1 aromatic carbocycles. The standard InChI is InChI=1S/C16H14ClN3S/c1-3-8-18-14-13-12(11-6-4-10(2)5-7-11)9-21-15(13)20-16(17)19-14/h3-7,9H,1,8H2,2H3,(H,18,19,20). The van der Waals surface area contributed by atoms with Crippen LogP contribution in [0.5, 0.6) is 0 Å². The van der Waals surface area contributed by atoms with Crippen LogP contribution in [0.15, 0.2) is 42.3 Å². The van der Waals surface area contributed by atoms with Crippen molar-refractivity contribution in [1.29, 1.82) is 0 Å². The number of fused-ring (bicyclic) bond motifs is 1. The first-order chi connectivity index (χ1) is 10.2. The smallest absolute Gasteiger partial charge is 0.225 e. The molecular formula is C16H14ClN3S. The Balaban J connectivity index is 2.19. The highest BCUT2D eigenvalue weighted by Crippen LogP contribution is 2.37. The van der Waals surface area contributed by atoms with E-state index in [9.17, 15) is 0 Å². The number of anilines is 1. The van der Waals surface area contributed by atoms with Gasteiger partial charge in [-0.25, -0.2) is 9.97 Å². The number of halogens is 1. The molecule has 1 N–H and O–H groups in total. The Morgan fingerprint density at radius 2 is 2.05 bits per heavy atom. The number of nitrogens with one attached hydrogen (secondary N) is 1. The van der Waals surface area contributed by atoms with Crippen molar-refractivity contribution in [2.75, 3.05) is 11.9 Å². The van der Waals surface area contributed by atoms with E-state index < -0.39 is 0 Å². The van der Waals surface area contributed by atoms with Crippen LogP contribution in [0.4, 0.5) is 5.82 Å². The number of benzene rings is 1. The molecule has 0 atom stereocenters. The largest absolute Gasteiger partial charge is 0.366 e. The van der Waals surface area contributed by atoms with Gasteiger partial charge in [-0.1, -0.05) is 35.9 Å². The first-order valence-corrected chi connectivity index (χ1v) is 7.81. The molecule has 2 heterocycles. The van der Waals surface area contributed by atoms with E-state index in [-0.39, 0.29) is 5.28 Å². The molecule has 0 radical (unpaired) electrons. The Kier molecular flexibility index (Phi) is 3.90. The molecule has 0 aliphatic carbocycles. The van der Waals surface area contributed by atoms with Crippen LogP contribution < -0.4 is 5.32 Å². The van der Waals surface area contributed by atoms with E-state index in [0.29, 0.717) is 6.54 Å².